The van der Waals surface area contributed by atoms with Crippen LogP contribution in [0.3, 0.4) is 0 Å². The van der Waals surface area contributed by atoms with E-state index in [0.29, 0.717) is 11.4 Å². The summed E-state index contributed by atoms with van der Waals surface area (Å²) >= 11 is 0. The summed E-state index contributed by atoms with van der Waals surface area (Å²) < 4.78 is 11.2. The van der Waals surface area contributed by atoms with Crippen LogP contribution in [0.25, 0.3) is 0 Å². The third-order valence-corrected chi connectivity index (χ3v) is 2.96. The van der Waals surface area contributed by atoms with Gasteiger partial charge in [0.1, 0.15) is 5.75 Å². The van der Waals surface area contributed by atoms with Crippen molar-refractivity contribution in [2.45, 2.75) is 6.42 Å². The third kappa shape index (κ3) is 3.79. The lowest BCUT2D eigenvalue weighted by atomic mass is 10.1. The molecule has 0 aliphatic heterocycles. The van der Waals surface area contributed by atoms with Crippen molar-refractivity contribution in [3.63, 3.8) is 0 Å². The molecule has 0 N–H and O–H groups in total. The fraction of sp³-hybridized carbons (Fsp3) is 0.118. The van der Waals surface area contributed by atoms with Crippen LogP contribution in [0.4, 0.5) is 4.79 Å². The highest BCUT2D eigenvalue weighted by molar-refractivity contribution is 5.87. The van der Waals surface area contributed by atoms with E-state index < -0.39 is 12.1 Å². The van der Waals surface area contributed by atoms with E-state index >= 15 is 0 Å². The van der Waals surface area contributed by atoms with E-state index in [-0.39, 0.29) is 12.0 Å². The number of carbonyl (C=O) groups excluding carboxylic acids is 2. The van der Waals surface area contributed by atoms with E-state index in [2.05, 4.69) is 11.3 Å². The van der Waals surface area contributed by atoms with Gasteiger partial charge >= 0.3 is 12.1 Å². The lowest BCUT2D eigenvalue weighted by Gasteiger charge is -2.04. The van der Waals surface area contributed by atoms with Gasteiger partial charge in [0.05, 0.1) is 13.5 Å². The number of carbonyl (C=O) groups is 2. The molecule has 1 aromatic heterocycles. The number of ether oxygens (including phenoxy) is 2. The summed E-state index contributed by atoms with van der Waals surface area (Å²) in [4.78, 5) is 23.7. The van der Waals surface area contributed by atoms with Crippen LogP contribution < -0.4 is 9.30 Å². The topological polar surface area (TPSA) is 56.5 Å². The van der Waals surface area contributed by atoms with Gasteiger partial charge in [0.2, 0.25) is 0 Å². The molecule has 112 valence electrons. The Morgan fingerprint density at radius 2 is 1.77 bits per heavy atom. The minimum atomic E-state index is -0.556. The third-order valence-electron chi connectivity index (χ3n) is 2.96. The van der Waals surface area contributed by atoms with Crippen molar-refractivity contribution in [3.8, 4) is 5.75 Å². The number of esters is 1. The minimum Gasteiger partial charge on any atom is -0.466 e. The van der Waals surface area contributed by atoms with Gasteiger partial charge < -0.3 is 9.47 Å². The molecule has 1 aromatic carbocycles. The van der Waals surface area contributed by atoms with Gasteiger partial charge in [-0.25, -0.2) is 4.79 Å². The molecule has 0 radical (unpaired) electrons. The number of rotatable bonds is 4. The molecule has 0 atom stereocenters. The van der Waals surface area contributed by atoms with E-state index in [1.54, 1.807) is 48.7 Å². The largest absolute Gasteiger partial charge is 0.607 e. The van der Waals surface area contributed by atoms with Crippen LogP contribution in [-0.2, 0) is 16.0 Å². The van der Waals surface area contributed by atoms with E-state index in [9.17, 15) is 9.59 Å². The first-order valence-electron chi connectivity index (χ1n) is 6.64. The molecule has 0 saturated carbocycles. The van der Waals surface area contributed by atoms with Crippen molar-refractivity contribution in [2.24, 2.45) is 0 Å². The Morgan fingerprint density at radius 3 is 2.45 bits per heavy atom. The summed E-state index contributed by atoms with van der Waals surface area (Å²) in [5.41, 5.74) is 0.841. The number of benzene rings is 1. The Hall–Kier alpha value is -2.95. The predicted octanol–water partition coefficient (Wildman–Crippen LogP) is 2.29. The molecule has 0 aliphatic rings. The van der Waals surface area contributed by atoms with Gasteiger partial charge in [-0.2, -0.15) is 4.79 Å². The van der Waals surface area contributed by atoms with Crippen LogP contribution in [0, 0.1) is 0 Å². The summed E-state index contributed by atoms with van der Waals surface area (Å²) in [6, 6.07) is 14.0. The molecule has 22 heavy (non-hydrogen) atoms. The maximum Gasteiger partial charge on any atom is 0.607 e. The van der Waals surface area contributed by atoms with Crippen molar-refractivity contribution < 1.29 is 23.6 Å². The summed E-state index contributed by atoms with van der Waals surface area (Å²) in [5.74, 6) is -0.0616. The standard InChI is InChI=1S/C17H16NO4/c1-13(16(19)21-2)12-14-8-6-7-11-18(14)17(20)22-15-9-4-3-5-10-15/h3-11H,1,12H2,2H3/q+1. The molecule has 5 nitrogen and oxygen atoms in total. The van der Waals surface area contributed by atoms with E-state index in [1.807, 2.05) is 6.07 Å². The highest BCUT2D eigenvalue weighted by Crippen LogP contribution is 2.09. The van der Waals surface area contributed by atoms with Gasteiger partial charge in [0.25, 0.3) is 0 Å². The lowest BCUT2D eigenvalue weighted by Crippen LogP contribution is -2.48. The Labute approximate surface area is 128 Å². The highest BCUT2D eigenvalue weighted by atomic mass is 16.6. The van der Waals surface area contributed by atoms with E-state index in [4.69, 9.17) is 4.74 Å². The van der Waals surface area contributed by atoms with Gasteiger partial charge in [0, 0.05) is 17.7 Å². The molecule has 0 aliphatic carbocycles. The van der Waals surface area contributed by atoms with Crippen molar-refractivity contribution in [1.82, 2.24) is 0 Å². The van der Waals surface area contributed by atoms with Crippen molar-refractivity contribution in [2.75, 3.05) is 7.11 Å². The first-order chi connectivity index (χ1) is 10.6. The Morgan fingerprint density at radius 1 is 1.09 bits per heavy atom. The Bertz CT molecular complexity index is 695. The highest BCUT2D eigenvalue weighted by Gasteiger charge is 2.24. The molecule has 0 amide bonds. The number of pyridine rings is 1. The van der Waals surface area contributed by atoms with Gasteiger partial charge in [-0.05, 0) is 12.1 Å². The van der Waals surface area contributed by atoms with Crippen LogP contribution in [0.2, 0.25) is 0 Å². The molecule has 0 fully saturated rings. The van der Waals surface area contributed by atoms with Gasteiger partial charge in [-0.3, -0.25) is 0 Å². The van der Waals surface area contributed by atoms with Gasteiger partial charge in [0.15, 0.2) is 11.9 Å². The molecule has 0 saturated heterocycles. The SMILES string of the molecule is C=C(Cc1cccc[n+]1C(=O)Oc1ccccc1)C(=O)OC. The molecule has 0 unspecified atom stereocenters. The smallest absolute Gasteiger partial charge is 0.466 e. The average molecular weight is 298 g/mol. The normalized spacial score (nSPS) is 9.86. The molecule has 5 heteroatoms. The number of aromatic nitrogens is 1. The number of para-hydroxylation sites is 1. The minimum absolute atomic E-state index is 0.192. The lowest BCUT2D eigenvalue weighted by molar-refractivity contribution is -0.590. The van der Waals surface area contributed by atoms with Crippen molar-refractivity contribution in [1.29, 1.82) is 0 Å². The van der Waals surface area contributed by atoms with Gasteiger partial charge in [-0.15, -0.1) is 0 Å². The first kappa shape index (κ1) is 15.4. The number of hydrogen-bond acceptors (Lipinski definition) is 4. The predicted molar refractivity (Wildman–Crippen MR) is 79.4 cm³/mol. The zero-order valence-electron chi connectivity index (χ0n) is 12.2. The van der Waals surface area contributed by atoms with Crippen LogP contribution in [0.5, 0.6) is 5.75 Å². The molecule has 0 bridgehead atoms. The van der Waals surface area contributed by atoms with Crippen molar-refractivity contribution >= 4 is 12.1 Å². The number of methoxy groups -OCH3 is 1. The number of hydrogen-bond donors (Lipinski definition) is 0. The van der Waals surface area contributed by atoms with Crippen LogP contribution in [0.1, 0.15) is 5.69 Å². The average Bonchev–Trinajstić information content (AvgIpc) is 2.55. The van der Waals surface area contributed by atoms with Crippen LogP contribution in [0.15, 0.2) is 66.9 Å². The molecule has 2 rings (SSSR count). The Balaban J connectivity index is 2.19. The monoisotopic (exact) mass is 298 g/mol. The Kier molecular flexibility index (Phi) is 5.03. The zero-order chi connectivity index (χ0) is 15.9. The molecule has 1 heterocycles. The fourth-order valence-corrected chi connectivity index (χ4v) is 1.87. The summed E-state index contributed by atoms with van der Waals surface area (Å²) in [6.07, 6.45) is 1.21. The van der Waals surface area contributed by atoms with Crippen molar-refractivity contribution in [3.05, 3.63) is 72.6 Å². The summed E-state index contributed by atoms with van der Waals surface area (Å²) in [5, 5.41) is 0. The molecule has 0 spiro atoms. The quantitative estimate of drug-likeness (QED) is 0.494. The van der Waals surface area contributed by atoms with E-state index in [1.165, 1.54) is 11.7 Å². The first-order valence-corrected chi connectivity index (χ1v) is 6.64. The zero-order valence-corrected chi connectivity index (χ0v) is 12.2. The van der Waals surface area contributed by atoms with E-state index in [0.717, 1.165) is 0 Å². The fourth-order valence-electron chi connectivity index (χ4n) is 1.87. The molecule has 2 aromatic rings. The summed E-state index contributed by atoms with van der Waals surface area (Å²) in [7, 11) is 1.29. The summed E-state index contributed by atoms with van der Waals surface area (Å²) in [6.45, 7) is 3.67. The van der Waals surface area contributed by atoms with Crippen LogP contribution in [-0.4, -0.2) is 19.2 Å². The maximum atomic E-state index is 12.3. The second-order valence-electron chi connectivity index (χ2n) is 4.51. The van der Waals surface area contributed by atoms with Crippen LogP contribution >= 0.6 is 0 Å². The van der Waals surface area contributed by atoms with Gasteiger partial charge in [-0.1, -0.05) is 35.4 Å². The second-order valence-corrected chi connectivity index (χ2v) is 4.51. The number of nitrogens with zero attached hydrogens (tertiary/aromatic N) is 1. The molecular formula is C17H16NO4+. The maximum absolute atomic E-state index is 12.3. The molecular weight excluding hydrogens is 282 g/mol. The second kappa shape index (κ2) is 7.17.